The van der Waals surface area contributed by atoms with Gasteiger partial charge in [-0.3, -0.25) is 9.89 Å². The van der Waals surface area contributed by atoms with Crippen molar-refractivity contribution in [3.63, 3.8) is 0 Å². The number of hydrogen-bond acceptors (Lipinski definition) is 3. The van der Waals surface area contributed by atoms with Crippen LogP contribution < -0.4 is 11.1 Å². The maximum absolute atomic E-state index is 12.2. The summed E-state index contributed by atoms with van der Waals surface area (Å²) in [5.41, 5.74) is 7.58. The predicted octanol–water partition coefficient (Wildman–Crippen LogP) is 2.18. The molecule has 0 aromatic carbocycles. The molecule has 1 amide bonds. The fourth-order valence-corrected chi connectivity index (χ4v) is 1.98. The SMILES string of the molecule is CCC(C)(CC)NC(=O)c1n[nH]c(C2CC2)c1N. The zero-order valence-electron chi connectivity index (χ0n) is 11.3. The van der Waals surface area contributed by atoms with Gasteiger partial charge in [-0.25, -0.2) is 0 Å². The van der Waals surface area contributed by atoms with Gasteiger partial charge < -0.3 is 11.1 Å². The van der Waals surface area contributed by atoms with E-state index in [9.17, 15) is 4.79 Å². The molecule has 1 aromatic heterocycles. The fourth-order valence-electron chi connectivity index (χ4n) is 1.98. The molecule has 1 fully saturated rings. The number of anilines is 1. The number of hydrogen-bond donors (Lipinski definition) is 3. The van der Waals surface area contributed by atoms with Crippen LogP contribution >= 0.6 is 0 Å². The average molecular weight is 250 g/mol. The first-order valence-corrected chi connectivity index (χ1v) is 6.67. The molecule has 1 saturated carbocycles. The van der Waals surface area contributed by atoms with Crippen LogP contribution in [0.5, 0.6) is 0 Å². The van der Waals surface area contributed by atoms with Gasteiger partial charge in [0.15, 0.2) is 5.69 Å². The van der Waals surface area contributed by atoms with Gasteiger partial charge in [0.05, 0.1) is 11.4 Å². The third-order valence-electron chi connectivity index (χ3n) is 4.01. The van der Waals surface area contributed by atoms with E-state index in [0.29, 0.717) is 17.3 Å². The Morgan fingerprint density at radius 1 is 1.50 bits per heavy atom. The molecule has 5 nitrogen and oxygen atoms in total. The highest BCUT2D eigenvalue weighted by Gasteiger charge is 2.31. The van der Waals surface area contributed by atoms with Crippen LogP contribution in [0.4, 0.5) is 5.69 Å². The number of nitrogens with two attached hydrogens (primary N) is 1. The van der Waals surface area contributed by atoms with Crippen LogP contribution in [0.25, 0.3) is 0 Å². The molecule has 5 heteroatoms. The van der Waals surface area contributed by atoms with Crippen molar-refractivity contribution in [1.29, 1.82) is 0 Å². The summed E-state index contributed by atoms with van der Waals surface area (Å²) in [6.45, 7) is 6.16. The lowest BCUT2D eigenvalue weighted by Gasteiger charge is -2.27. The molecule has 1 aliphatic rings. The number of nitrogen functional groups attached to an aromatic ring is 1. The van der Waals surface area contributed by atoms with E-state index in [1.165, 1.54) is 0 Å². The van der Waals surface area contributed by atoms with Gasteiger partial charge in [0.1, 0.15) is 0 Å². The molecule has 1 aliphatic carbocycles. The first-order valence-electron chi connectivity index (χ1n) is 6.67. The summed E-state index contributed by atoms with van der Waals surface area (Å²) in [6, 6.07) is 0. The molecular formula is C13H22N4O. The first-order chi connectivity index (χ1) is 8.50. The minimum atomic E-state index is -0.192. The van der Waals surface area contributed by atoms with Gasteiger partial charge in [-0.2, -0.15) is 5.10 Å². The van der Waals surface area contributed by atoms with Gasteiger partial charge in [-0.05, 0) is 32.6 Å². The Hall–Kier alpha value is -1.52. The number of amides is 1. The molecule has 0 spiro atoms. The lowest BCUT2D eigenvalue weighted by molar-refractivity contribution is 0.0897. The Balaban J connectivity index is 2.14. The Morgan fingerprint density at radius 3 is 2.61 bits per heavy atom. The zero-order valence-corrected chi connectivity index (χ0v) is 11.3. The Kier molecular flexibility index (Phi) is 3.32. The third-order valence-corrected chi connectivity index (χ3v) is 4.01. The van der Waals surface area contributed by atoms with Crippen molar-refractivity contribution in [3.8, 4) is 0 Å². The third kappa shape index (κ3) is 2.35. The first kappa shape index (κ1) is 12.9. The van der Waals surface area contributed by atoms with E-state index in [1.807, 2.05) is 6.92 Å². The van der Waals surface area contributed by atoms with E-state index in [0.717, 1.165) is 31.4 Å². The van der Waals surface area contributed by atoms with E-state index in [4.69, 9.17) is 5.73 Å². The lowest BCUT2D eigenvalue weighted by Crippen LogP contribution is -2.45. The van der Waals surface area contributed by atoms with Gasteiger partial charge in [-0.1, -0.05) is 13.8 Å². The number of nitrogens with zero attached hydrogens (tertiary/aromatic N) is 1. The molecule has 4 N–H and O–H groups in total. The fraction of sp³-hybridized carbons (Fsp3) is 0.692. The smallest absolute Gasteiger partial charge is 0.274 e. The number of aromatic amines is 1. The van der Waals surface area contributed by atoms with Crippen molar-refractivity contribution in [2.75, 3.05) is 5.73 Å². The summed E-state index contributed by atoms with van der Waals surface area (Å²) < 4.78 is 0. The standard InChI is InChI=1S/C13H22N4O/c1-4-13(3,5-2)15-12(18)11-9(14)10(16-17-11)8-6-7-8/h8H,4-7,14H2,1-3H3,(H,15,18)(H,16,17). The molecular weight excluding hydrogens is 228 g/mol. The van der Waals surface area contributed by atoms with Crippen LogP contribution in [0.2, 0.25) is 0 Å². The number of carbonyl (C=O) groups excluding carboxylic acids is 1. The van der Waals surface area contributed by atoms with Crippen LogP contribution in [0, 0.1) is 0 Å². The van der Waals surface area contributed by atoms with Crippen molar-refractivity contribution in [1.82, 2.24) is 15.5 Å². The monoisotopic (exact) mass is 250 g/mol. The van der Waals surface area contributed by atoms with Crippen LogP contribution in [-0.4, -0.2) is 21.6 Å². The predicted molar refractivity (Wildman–Crippen MR) is 71.4 cm³/mol. The Morgan fingerprint density at radius 2 is 2.11 bits per heavy atom. The highest BCUT2D eigenvalue weighted by atomic mass is 16.2. The Labute approximate surface area is 108 Å². The van der Waals surface area contributed by atoms with Crippen LogP contribution in [0.15, 0.2) is 0 Å². The summed E-state index contributed by atoms with van der Waals surface area (Å²) in [4.78, 5) is 12.2. The summed E-state index contributed by atoms with van der Waals surface area (Å²) in [5.74, 6) is 0.296. The zero-order chi connectivity index (χ0) is 13.3. The largest absolute Gasteiger partial charge is 0.395 e. The van der Waals surface area contributed by atoms with Crippen LogP contribution in [-0.2, 0) is 0 Å². The molecule has 0 atom stereocenters. The number of aromatic nitrogens is 2. The van der Waals surface area contributed by atoms with Gasteiger partial charge in [0, 0.05) is 11.5 Å². The van der Waals surface area contributed by atoms with Crippen molar-refractivity contribution < 1.29 is 4.79 Å². The average Bonchev–Trinajstić information content (AvgIpc) is 3.12. The minimum absolute atomic E-state index is 0.179. The maximum atomic E-state index is 12.2. The second-order valence-corrected chi connectivity index (χ2v) is 5.40. The van der Waals surface area contributed by atoms with E-state index < -0.39 is 0 Å². The van der Waals surface area contributed by atoms with E-state index >= 15 is 0 Å². The summed E-state index contributed by atoms with van der Waals surface area (Å²) in [5, 5.41) is 9.99. The minimum Gasteiger partial charge on any atom is -0.395 e. The molecule has 0 radical (unpaired) electrons. The molecule has 0 aliphatic heterocycles. The van der Waals surface area contributed by atoms with Crippen molar-refractivity contribution in [2.24, 2.45) is 0 Å². The molecule has 100 valence electrons. The number of rotatable bonds is 5. The van der Waals surface area contributed by atoms with Gasteiger partial charge in [-0.15, -0.1) is 0 Å². The maximum Gasteiger partial charge on any atom is 0.274 e. The van der Waals surface area contributed by atoms with Gasteiger partial charge >= 0.3 is 0 Å². The van der Waals surface area contributed by atoms with Crippen molar-refractivity contribution >= 4 is 11.6 Å². The quantitative estimate of drug-likeness (QED) is 0.749. The van der Waals surface area contributed by atoms with Crippen LogP contribution in [0.1, 0.15) is 68.6 Å². The van der Waals surface area contributed by atoms with E-state index in [2.05, 4.69) is 29.4 Å². The molecule has 0 bridgehead atoms. The van der Waals surface area contributed by atoms with E-state index in [-0.39, 0.29) is 11.4 Å². The lowest BCUT2D eigenvalue weighted by atomic mass is 9.95. The van der Waals surface area contributed by atoms with Gasteiger partial charge in [0.25, 0.3) is 5.91 Å². The molecule has 1 heterocycles. The Bertz CT molecular complexity index is 444. The molecule has 18 heavy (non-hydrogen) atoms. The topological polar surface area (TPSA) is 83.8 Å². The molecule has 2 rings (SSSR count). The molecule has 0 unspecified atom stereocenters. The second-order valence-electron chi connectivity index (χ2n) is 5.40. The van der Waals surface area contributed by atoms with Crippen molar-refractivity contribution in [2.45, 2.75) is 57.9 Å². The number of nitrogens with one attached hydrogen (secondary N) is 2. The summed E-state index contributed by atoms with van der Waals surface area (Å²) in [6.07, 6.45) is 4.04. The highest BCUT2D eigenvalue weighted by Crippen LogP contribution is 2.42. The van der Waals surface area contributed by atoms with Gasteiger partial charge in [0.2, 0.25) is 0 Å². The van der Waals surface area contributed by atoms with E-state index in [1.54, 1.807) is 0 Å². The molecule has 0 saturated heterocycles. The number of carbonyl (C=O) groups is 1. The van der Waals surface area contributed by atoms with Crippen molar-refractivity contribution in [3.05, 3.63) is 11.4 Å². The summed E-state index contributed by atoms with van der Waals surface area (Å²) >= 11 is 0. The summed E-state index contributed by atoms with van der Waals surface area (Å²) in [7, 11) is 0. The highest BCUT2D eigenvalue weighted by molar-refractivity contribution is 5.98. The normalized spacial score (nSPS) is 15.7. The van der Waals surface area contributed by atoms with Crippen LogP contribution in [0.3, 0.4) is 0 Å². The molecule has 1 aromatic rings. The second kappa shape index (κ2) is 4.63. The number of H-pyrrole nitrogens is 1.